The minimum atomic E-state index is -1.10. The molecule has 0 aliphatic rings. The molecule has 2 aromatic carbocycles. The van der Waals surface area contributed by atoms with Gasteiger partial charge in [-0.2, -0.15) is 0 Å². The topological polar surface area (TPSA) is 75.6 Å². The van der Waals surface area contributed by atoms with Crippen molar-refractivity contribution in [3.63, 3.8) is 0 Å². The number of benzene rings is 2. The Labute approximate surface area is 128 Å². The summed E-state index contributed by atoms with van der Waals surface area (Å²) in [4.78, 5) is 23.1. The zero-order valence-corrected chi connectivity index (χ0v) is 12.4. The van der Waals surface area contributed by atoms with Gasteiger partial charge in [-0.1, -0.05) is 30.3 Å². The molecule has 1 amide bonds. The lowest BCUT2D eigenvalue weighted by Crippen LogP contribution is -2.16. The molecule has 0 saturated carbocycles. The highest BCUT2D eigenvalue weighted by Crippen LogP contribution is 2.21. The summed E-state index contributed by atoms with van der Waals surface area (Å²) >= 11 is 0. The van der Waals surface area contributed by atoms with Crippen LogP contribution in [0.3, 0.4) is 0 Å². The molecule has 0 spiro atoms. The third-order valence-corrected chi connectivity index (χ3v) is 3.31. The quantitative estimate of drug-likeness (QED) is 0.901. The molecule has 2 rings (SSSR count). The molecule has 0 radical (unpaired) electrons. The van der Waals surface area contributed by atoms with Crippen LogP contribution in [0, 0.1) is 13.8 Å². The Bertz CT molecular complexity index is 695. The number of aryl methyl sites for hydroxylation is 2. The van der Waals surface area contributed by atoms with Gasteiger partial charge in [-0.05, 0) is 42.7 Å². The van der Waals surface area contributed by atoms with E-state index in [1.54, 1.807) is 6.07 Å². The second-order valence-electron chi connectivity index (χ2n) is 4.97. The minimum absolute atomic E-state index is 0.0414. The number of hydrogen-bond donors (Lipinski definition) is 2. The van der Waals surface area contributed by atoms with E-state index in [0.29, 0.717) is 0 Å². The Morgan fingerprint density at radius 1 is 1.09 bits per heavy atom. The van der Waals surface area contributed by atoms with Gasteiger partial charge in [0.05, 0.1) is 11.3 Å². The lowest BCUT2D eigenvalue weighted by molar-refractivity contribution is 0.0698. The SMILES string of the molecule is Cc1cc(NC(=O)OCc2ccccc2)c(C(=O)O)cc1C. The lowest BCUT2D eigenvalue weighted by atomic mass is 10.0. The fourth-order valence-corrected chi connectivity index (χ4v) is 1.97. The van der Waals surface area contributed by atoms with Crippen molar-refractivity contribution < 1.29 is 19.4 Å². The second-order valence-corrected chi connectivity index (χ2v) is 4.97. The Hall–Kier alpha value is -2.82. The molecule has 0 bridgehead atoms. The number of amides is 1. The van der Waals surface area contributed by atoms with Gasteiger partial charge in [-0.15, -0.1) is 0 Å². The molecule has 114 valence electrons. The van der Waals surface area contributed by atoms with E-state index in [1.165, 1.54) is 6.07 Å². The molecular weight excluding hydrogens is 282 g/mol. The van der Waals surface area contributed by atoms with Crippen molar-refractivity contribution in [1.82, 2.24) is 0 Å². The van der Waals surface area contributed by atoms with Crippen molar-refractivity contribution in [2.24, 2.45) is 0 Å². The standard InChI is InChI=1S/C17H17NO4/c1-11-8-14(16(19)20)15(9-12(11)2)18-17(21)22-10-13-6-4-3-5-7-13/h3-9H,10H2,1-2H3,(H,18,21)(H,19,20). The minimum Gasteiger partial charge on any atom is -0.478 e. The van der Waals surface area contributed by atoms with Gasteiger partial charge in [-0.3, -0.25) is 5.32 Å². The second kappa shape index (κ2) is 6.76. The van der Waals surface area contributed by atoms with Crippen molar-refractivity contribution in [3.8, 4) is 0 Å². The molecule has 0 saturated heterocycles. The predicted molar refractivity (Wildman–Crippen MR) is 83.1 cm³/mol. The first-order valence-electron chi connectivity index (χ1n) is 6.79. The van der Waals surface area contributed by atoms with Crippen LogP contribution in [-0.4, -0.2) is 17.2 Å². The van der Waals surface area contributed by atoms with E-state index in [-0.39, 0.29) is 17.9 Å². The van der Waals surface area contributed by atoms with E-state index in [0.717, 1.165) is 16.7 Å². The number of rotatable bonds is 4. The number of carbonyl (C=O) groups excluding carboxylic acids is 1. The first kappa shape index (κ1) is 15.6. The number of ether oxygens (including phenoxy) is 1. The summed E-state index contributed by atoms with van der Waals surface area (Å²) in [6, 6.07) is 12.4. The van der Waals surface area contributed by atoms with Crippen LogP contribution in [0.15, 0.2) is 42.5 Å². The van der Waals surface area contributed by atoms with Crippen LogP contribution < -0.4 is 5.32 Å². The summed E-state index contributed by atoms with van der Waals surface area (Å²) in [7, 11) is 0. The zero-order valence-electron chi connectivity index (χ0n) is 12.4. The molecule has 0 fully saturated rings. The Kier molecular flexibility index (Phi) is 4.78. The zero-order chi connectivity index (χ0) is 16.1. The molecule has 2 aromatic rings. The molecule has 0 atom stereocenters. The summed E-state index contributed by atoms with van der Waals surface area (Å²) in [6.45, 7) is 3.79. The first-order chi connectivity index (χ1) is 10.5. The number of nitrogens with one attached hydrogen (secondary N) is 1. The Morgan fingerprint density at radius 2 is 1.73 bits per heavy atom. The molecule has 5 nitrogen and oxygen atoms in total. The highest BCUT2D eigenvalue weighted by Gasteiger charge is 2.14. The molecule has 2 N–H and O–H groups in total. The van der Waals surface area contributed by atoms with Crippen LogP contribution in [0.5, 0.6) is 0 Å². The summed E-state index contributed by atoms with van der Waals surface area (Å²) in [5.41, 5.74) is 2.87. The summed E-state index contributed by atoms with van der Waals surface area (Å²) in [6.07, 6.45) is -0.686. The van der Waals surface area contributed by atoms with Crippen LogP contribution in [0.25, 0.3) is 0 Å². The molecule has 0 aliphatic heterocycles. The molecular formula is C17H17NO4. The number of carboxylic acid groups (broad SMARTS) is 1. The van der Waals surface area contributed by atoms with Crippen LogP contribution in [-0.2, 0) is 11.3 Å². The van der Waals surface area contributed by atoms with Gasteiger partial charge < -0.3 is 9.84 Å². The largest absolute Gasteiger partial charge is 0.478 e. The van der Waals surface area contributed by atoms with Gasteiger partial charge in [-0.25, -0.2) is 9.59 Å². The van der Waals surface area contributed by atoms with Gasteiger partial charge >= 0.3 is 12.1 Å². The average molecular weight is 299 g/mol. The molecule has 0 aliphatic carbocycles. The lowest BCUT2D eigenvalue weighted by Gasteiger charge is -2.12. The molecule has 0 heterocycles. The van der Waals surface area contributed by atoms with Crippen molar-refractivity contribution in [1.29, 1.82) is 0 Å². The molecule has 0 aromatic heterocycles. The van der Waals surface area contributed by atoms with Crippen LogP contribution in [0.1, 0.15) is 27.0 Å². The van der Waals surface area contributed by atoms with E-state index in [1.807, 2.05) is 44.2 Å². The monoisotopic (exact) mass is 299 g/mol. The van der Waals surface area contributed by atoms with Crippen molar-refractivity contribution >= 4 is 17.7 Å². The summed E-state index contributed by atoms with van der Waals surface area (Å²) in [5, 5.41) is 11.7. The molecule has 5 heteroatoms. The molecule has 22 heavy (non-hydrogen) atoms. The van der Waals surface area contributed by atoms with Crippen molar-refractivity contribution in [2.75, 3.05) is 5.32 Å². The fourth-order valence-electron chi connectivity index (χ4n) is 1.97. The van der Waals surface area contributed by atoms with E-state index in [9.17, 15) is 14.7 Å². The Morgan fingerprint density at radius 3 is 2.36 bits per heavy atom. The van der Waals surface area contributed by atoms with Crippen LogP contribution in [0.2, 0.25) is 0 Å². The summed E-state index contributed by atoms with van der Waals surface area (Å²) < 4.78 is 5.09. The van der Waals surface area contributed by atoms with Crippen molar-refractivity contribution in [2.45, 2.75) is 20.5 Å². The summed E-state index contributed by atoms with van der Waals surface area (Å²) in [5.74, 6) is -1.10. The number of anilines is 1. The van der Waals surface area contributed by atoms with E-state index in [2.05, 4.69) is 5.32 Å². The maximum Gasteiger partial charge on any atom is 0.411 e. The van der Waals surface area contributed by atoms with E-state index >= 15 is 0 Å². The van der Waals surface area contributed by atoms with Gasteiger partial charge in [0.25, 0.3) is 0 Å². The average Bonchev–Trinajstić information content (AvgIpc) is 2.49. The Balaban J connectivity index is 2.08. The van der Waals surface area contributed by atoms with Gasteiger partial charge in [0.2, 0.25) is 0 Å². The number of aromatic carboxylic acids is 1. The highest BCUT2D eigenvalue weighted by atomic mass is 16.5. The maximum atomic E-state index is 11.8. The third kappa shape index (κ3) is 3.85. The third-order valence-electron chi connectivity index (χ3n) is 3.31. The normalized spacial score (nSPS) is 10.1. The number of carbonyl (C=O) groups is 2. The first-order valence-corrected chi connectivity index (χ1v) is 6.79. The fraction of sp³-hybridized carbons (Fsp3) is 0.176. The maximum absolute atomic E-state index is 11.8. The van der Waals surface area contributed by atoms with Gasteiger partial charge in [0, 0.05) is 0 Å². The van der Waals surface area contributed by atoms with Crippen LogP contribution >= 0.6 is 0 Å². The number of carboxylic acids is 1. The van der Waals surface area contributed by atoms with Gasteiger partial charge in [0.1, 0.15) is 6.61 Å². The predicted octanol–water partition coefficient (Wildman–Crippen LogP) is 3.75. The van der Waals surface area contributed by atoms with E-state index < -0.39 is 12.1 Å². The highest BCUT2D eigenvalue weighted by molar-refractivity contribution is 5.99. The van der Waals surface area contributed by atoms with Gasteiger partial charge in [0.15, 0.2) is 0 Å². The number of hydrogen-bond acceptors (Lipinski definition) is 3. The van der Waals surface area contributed by atoms with Crippen molar-refractivity contribution in [3.05, 3.63) is 64.7 Å². The molecule has 0 unspecified atom stereocenters. The van der Waals surface area contributed by atoms with Crippen LogP contribution in [0.4, 0.5) is 10.5 Å². The smallest absolute Gasteiger partial charge is 0.411 e. The van der Waals surface area contributed by atoms with E-state index in [4.69, 9.17) is 4.74 Å².